The Hall–Kier alpha value is -1.30. The van der Waals surface area contributed by atoms with E-state index in [-0.39, 0.29) is 11.9 Å². The van der Waals surface area contributed by atoms with Gasteiger partial charge in [0.2, 0.25) is 0 Å². The first-order valence-corrected chi connectivity index (χ1v) is 4.71. The summed E-state index contributed by atoms with van der Waals surface area (Å²) in [6.07, 6.45) is -4.83. The van der Waals surface area contributed by atoms with Crippen LogP contribution in [0, 0.1) is 5.82 Å². The van der Waals surface area contributed by atoms with Crippen LogP contribution >= 0.6 is 0 Å². The molecule has 0 atom stereocenters. The highest BCUT2D eigenvalue weighted by molar-refractivity contribution is 5.32. The average Bonchev–Trinajstić information content (AvgIpc) is 2.12. The highest BCUT2D eigenvalue weighted by Gasteiger charge is 2.34. The van der Waals surface area contributed by atoms with Crippen LogP contribution in [0.25, 0.3) is 0 Å². The standard InChI is InChI=1S/C10H9F4NO/c11-9-2-1-6(16-7-4-15-5-7)3-8(9)10(12,13)14/h1-3,7,15H,4-5H2. The third-order valence-electron chi connectivity index (χ3n) is 2.29. The maximum Gasteiger partial charge on any atom is 0.419 e. The molecule has 88 valence electrons. The van der Waals surface area contributed by atoms with E-state index in [1.54, 1.807) is 0 Å². The second-order valence-electron chi connectivity index (χ2n) is 3.54. The highest BCUT2D eigenvalue weighted by Crippen LogP contribution is 2.33. The van der Waals surface area contributed by atoms with Gasteiger partial charge in [0.15, 0.2) is 0 Å². The van der Waals surface area contributed by atoms with E-state index in [1.165, 1.54) is 6.07 Å². The highest BCUT2D eigenvalue weighted by atomic mass is 19.4. The van der Waals surface area contributed by atoms with Gasteiger partial charge >= 0.3 is 6.18 Å². The summed E-state index contributed by atoms with van der Waals surface area (Å²) in [5.41, 5.74) is -1.29. The normalized spacial score (nSPS) is 17.0. The molecule has 1 N–H and O–H groups in total. The van der Waals surface area contributed by atoms with E-state index < -0.39 is 17.6 Å². The molecule has 1 saturated heterocycles. The van der Waals surface area contributed by atoms with Crippen LogP contribution in [0.15, 0.2) is 18.2 Å². The lowest BCUT2D eigenvalue weighted by Crippen LogP contribution is -2.50. The predicted octanol–water partition coefficient (Wildman–Crippen LogP) is 2.20. The average molecular weight is 235 g/mol. The fourth-order valence-electron chi connectivity index (χ4n) is 1.33. The predicted molar refractivity (Wildman–Crippen MR) is 48.7 cm³/mol. The molecule has 2 nitrogen and oxygen atoms in total. The van der Waals surface area contributed by atoms with Crippen molar-refractivity contribution in [2.24, 2.45) is 0 Å². The minimum Gasteiger partial charge on any atom is -0.488 e. The Morgan fingerprint density at radius 3 is 2.44 bits per heavy atom. The number of hydrogen-bond donors (Lipinski definition) is 1. The summed E-state index contributed by atoms with van der Waals surface area (Å²) in [5.74, 6) is -1.24. The van der Waals surface area contributed by atoms with E-state index >= 15 is 0 Å². The fraction of sp³-hybridized carbons (Fsp3) is 0.400. The number of benzene rings is 1. The van der Waals surface area contributed by atoms with Gasteiger partial charge in [-0.3, -0.25) is 0 Å². The van der Waals surface area contributed by atoms with Crippen LogP contribution in [0.4, 0.5) is 17.6 Å². The van der Waals surface area contributed by atoms with E-state index in [2.05, 4.69) is 5.32 Å². The molecule has 1 aliphatic heterocycles. The number of halogens is 4. The Labute approximate surface area is 89.2 Å². The molecule has 0 radical (unpaired) electrons. The van der Waals surface area contributed by atoms with Gasteiger partial charge in [-0.15, -0.1) is 0 Å². The van der Waals surface area contributed by atoms with Gasteiger partial charge in [-0.25, -0.2) is 4.39 Å². The van der Waals surface area contributed by atoms with E-state index in [0.29, 0.717) is 19.2 Å². The van der Waals surface area contributed by atoms with Crippen molar-refractivity contribution in [3.05, 3.63) is 29.6 Å². The van der Waals surface area contributed by atoms with Crippen molar-refractivity contribution in [2.45, 2.75) is 12.3 Å². The Morgan fingerprint density at radius 2 is 1.94 bits per heavy atom. The maximum atomic E-state index is 12.9. The zero-order valence-electron chi connectivity index (χ0n) is 8.14. The topological polar surface area (TPSA) is 21.3 Å². The molecule has 1 fully saturated rings. The van der Waals surface area contributed by atoms with Crippen LogP contribution in [0.5, 0.6) is 5.75 Å². The Balaban J connectivity index is 2.20. The summed E-state index contributed by atoms with van der Waals surface area (Å²) in [4.78, 5) is 0. The van der Waals surface area contributed by atoms with Crippen molar-refractivity contribution in [3.8, 4) is 5.75 Å². The molecule has 6 heteroatoms. The third-order valence-corrected chi connectivity index (χ3v) is 2.29. The van der Waals surface area contributed by atoms with Crippen LogP contribution in [0.2, 0.25) is 0 Å². The van der Waals surface area contributed by atoms with Crippen LogP contribution in [0.1, 0.15) is 5.56 Å². The van der Waals surface area contributed by atoms with Crippen molar-refractivity contribution in [2.75, 3.05) is 13.1 Å². The van der Waals surface area contributed by atoms with Gasteiger partial charge in [-0.1, -0.05) is 0 Å². The number of nitrogens with one attached hydrogen (secondary N) is 1. The molecule has 0 unspecified atom stereocenters. The van der Waals surface area contributed by atoms with Gasteiger partial charge in [0.1, 0.15) is 17.7 Å². The summed E-state index contributed by atoms with van der Waals surface area (Å²) < 4.78 is 55.2. The SMILES string of the molecule is Fc1ccc(OC2CNC2)cc1C(F)(F)F. The summed E-state index contributed by atoms with van der Waals surface area (Å²) in [5, 5.41) is 2.92. The smallest absolute Gasteiger partial charge is 0.419 e. The summed E-state index contributed by atoms with van der Waals surface area (Å²) in [7, 11) is 0. The van der Waals surface area contributed by atoms with E-state index in [4.69, 9.17) is 4.74 Å². The van der Waals surface area contributed by atoms with Gasteiger partial charge in [0.25, 0.3) is 0 Å². The fourth-order valence-corrected chi connectivity index (χ4v) is 1.33. The van der Waals surface area contributed by atoms with Crippen LogP contribution in [-0.4, -0.2) is 19.2 Å². The first-order valence-electron chi connectivity index (χ1n) is 4.71. The Morgan fingerprint density at radius 1 is 1.25 bits per heavy atom. The van der Waals surface area contributed by atoms with Gasteiger partial charge in [0.05, 0.1) is 5.56 Å². The first-order chi connectivity index (χ1) is 7.47. The van der Waals surface area contributed by atoms with Crippen LogP contribution < -0.4 is 10.1 Å². The monoisotopic (exact) mass is 235 g/mol. The molecule has 2 rings (SSSR count). The minimum absolute atomic E-state index is 0.0419. The Bertz CT molecular complexity index is 387. The molecular weight excluding hydrogens is 226 g/mol. The van der Waals surface area contributed by atoms with Gasteiger partial charge in [-0.05, 0) is 18.2 Å². The zero-order chi connectivity index (χ0) is 11.8. The summed E-state index contributed by atoms with van der Waals surface area (Å²) in [6, 6.07) is 2.65. The Kier molecular flexibility index (Phi) is 2.75. The number of ether oxygens (including phenoxy) is 1. The second-order valence-corrected chi connectivity index (χ2v) is 3.54. The molecule has 1 heterocycles. The molecule has 0 spiro atoms. The maximum absolute atomic E-state index is 12.9. The molecule has 1 aromatic carbocycles. The number of hydrogen-bond acceptors (Lipinski definition) is 2. The van der Waals surface area contributed by atoms with Gasteiger partial charge in [-0.2, -0.15) is 13.2 Å². The van der Waals surface area contributed by atoms with Gasteiger partial charge < -0.3 is 10.1 Å². The molecule has 0 amide bonds. The summed E-state index contributed by atoms with van der Waals surface area (Å²) in [6.45, 7) is 1.19. The number of alkyl halides is 3. The molecular formula is C10H9F4NO. The van der Waals surface area contributed by atoms with Crippen molar-refractivity contribution in [3.63, 3.8) is 0 Å². The minimum atomic E-state index is -4.69. The zero-order valence-corrected chi connectivity index (χ0v) is 8.14. The largest absolute Gasteiger partial charge is 0.488 e. The number of rotatable bonds is 2. The van der Waals surface area contributed by atoms with E-state index in [9.17, 15) is 17.6 Å². The lowest BCUT2D eigenvalue weighted by Gasteiger charge is -2.28. The van der Waals surface area contributed by atoms with Crippen molar-refractivity contribution in [1.29, 1.82) is 0 Å². The molecule has 0 aliphatic carbocycles. The van der Waals surface area contributed by atoms with Crippen molar-refractivity contribution < 1.29 is 22.3 Å². The molecule has 1 aliphatic rings. The third kappa shape index (κ3) is 2.27. The lowest BCUT2D eigenvalue weighted by atomic mass is 10.2. The lowest BCUT2D eigenvalue weighted by molar-refractivity contribution is -0.140. The van der Waals surface area contributed by atoms with Crippen molar-refractivity contribution >= 4 is 0 Å². The van der Waals surface area contributed by atoms with E-state index in [1.807, 2.05) is 0 Å². The molecule has 0 saturated carbocycles. The molecule has 16 heavy (non-hydrogen) atoms. The van der Waals surface area contributed by atoms with Crippen molar-refractivity contribution in [1.82, 2.24) is 5.32 Å². The molecule has 0 aromatic heterocycles. The summed E-state index contributed by atoms with van der Waals surface area (Å²) >= 11 is 0. The molecule has 1 aromatic rings. The second kappa shape index (κ2) is 3.93. The first kappa shape index (κ1) is 11.2. The van der Waals surface area contributed by atoms with E-state index in [0.717, 1.165) is 6.07 Å². The van der Waals surface area contributed by atoms with Crippen LogP contribution in [-0.2, 0) is 6.18 Å². The quantitative estimate of drug-likeness (QED) is 0.793. The van der Waals surface area contributed by atoms with Crippen LogP contribution in [0.3, 0.4) is 0 Å². The van der Waals surface area contributed by atoms with Gasteiger partial charge in [0, 0.05) is 13.1 Å². The molecule has 0 bridgehead atoms.